The molecule has 1 spiro atoms. The van der Waals surface area contributed by atoms with Gasteiger partial charge in [-0.25, -0.2) is 0 Å². The van der Waals surface area contributed by atoms with E-state index >= 15 is 0 Å². The van der Waals surface area contributed by atoms with Crippen molar-refractivity contribution in [3.63, 3.8) is 0 Å². The van der Waals surface area contributed by atoms with Crippen molar-refractivity contribution in [1.82, 2.24) is 0 Å². The highest BCUT2D eigenvalue weighted by atomic mass is 16.6. The molecule has 8 fully saturated rings. The zero-order valence-electron chi connectivity index (χ0n) is 33.6. The SMILES string of the molecule is C[C@H]1CCO[C@@]([C@@H]2O[C@@H]2[C@](C)(O)[C@](C)(CO)CCC2CC[NH2+]C(N)C2)([C@@H]2C[C@@H]3CCC4=C5[C@@H]6[C@@H](C[C@@H]7CCC[C@]68[C@@H](C[C@@H](O)C[C@@H]78)C4=O)C[C@@]2(C)[C@]53O)C1. The first-order valence-corrected chi connectivity index (χ1v) is 22.5. The average molecular weight is 752 g/mol. The van der Waals surface area contributed by atoms with Crippen LogP contribution >= 0.6 is 0 Å². The monoisotopic (exact) mass is 752 g/mol. The molecule has 9 nitrogen and oxygen atoms in total. The number of Topliss-reactive ketones (excluding diaryl/α,β-unsaturated/α-hetero) is 1. The molecule has 0 aromatic rings. The second kappa shape index (κ2) is 12.3. The quantitative estimate of drug-likeness (QED) is 0.203. The number of nitrogens with two attached hydrogens (primary N) is 2. The van der Waals surface area contributed by atoms with Crippen molar-refractivity contribution in [1.29, 1.82) is 0 Å². The van der Waals surface area contributed by atoms with Crippen molar-refractivity contribution in [3.05, 3.63) is 11.1 Å². The fourth-order valence-electron chi connectivity index (χ4n) is 17.1. The van der Waals surface area contributed by atoms with E-state index < -0.39 is 39.8 Å². The molecule has 302 valence electrons. The molecule has 0 aromatic heterocycles. The van der Waals surface area contributed by atoms with Crippen molar-refractivity contribution in [2.45, 2.75) is 172 Å². The summed E-state index contributed by atoms with van der Waals surface area (Å²) >= 11 is 0. The lowest BCUT2D eigenvalue weighted by Crippen LogP contribution is -2.94. The average Bonchev–Trinajstić information content (AvgIpc) is 3.91. The summed E-state index contributed by atoms with van der Waals surface area (Å²) in [6, 6.07) is 0. The first-order valence-electron chi connectivity index (χ1n) is 22.5. The van der Waals surface area contributed by atoms with Crippen LogP contribution in [0.3, 0.4) is 0 Å². The Morgan fingerprint density at radius 3 is 2.61 bits per heavy atom. The van der Waals surface area contributed by atoms with E-state index in [9.17, 15) is 25.2 Å². The number of piperidine rings is 1. The Labute approximate surface area is 323 Å². The molecule has 0 amide bonds. The lowest BCUT2D eigenvalue weighted by atomic mass is 9.32. The summed E-state index contributed by atoms with van der Waals surface area (Å²) in [7, 11) is 0. The minimum atomic E-state index is -1.28. The Kier molecular flexibility index (Phi) is 8.52. The van der Waals surface area contributed by atoms with E-state index in [-0.39, 0.29) is 53.7 Å². The van der Waals surface area contributed by atoms with Crippen molar-refractivity contribution in [2.24, 2.45) is 75.2 Å². The smallest absolute Gasteiger partial charge is 0.162 e. The van der Waals surface area contributed by atoms with E-state index in [0.29, 0.717) is 49.0 Å². The van der Waals surface area contributed by atoms with Crippen LogP contribution in [0, 0.1) is 69.5 Å². The van der Waals surface area contributed by atoms with Gasteiger partial charge >= 0.3 is 0 Å². The molecule has 9 heteroatoms. The molecule has 3 aliphatic heterocycles. The van der Waals surface area contributed by atoms with Gasteiger partial charge in [0.05, 0.1) is 30.5 Å². The number of carbonyl (C=O) groups is 1. The van der Waals surface area contributed by atoms with Gasteiger partial charge in [0.1, 0.15) is 24.0 Å². The predicted molar refractivity (Wildman–Crippen MR) is 202 cm³/mol. The summed E-state index contributed by atoms with van der Waals surface area (Å²) in [5, 5.41) is 50.9. The number of hydrogen-bond acceptors (Lipinski definition) is 8. The van der Waals surface area contributed by atoms with Crippen LogP contribution in [0.2, 0.25) is 0 Å². The van der Waals surface area contributed by atoms with E-state index in [2.05, 4.69) is 19.2 Å². The fourth-order valence-corrected chi connectivity index (χ4v) is 17.1. The van der Waals surface area contributed by atoms with Crippen LogP contribution in [0.25, 0.3) is 0 Å². The lowest BCUT2D eigenvalue weighted by molar-refractivity contribution is -0.699. The summed E-state index contributed by atoms with van der Waals surface area (Å²) in [5.41, 5.74) is 3.97. The summed E-state index contributed by atoms with van der Waals surface area (Å²) < 4.78 is 14.0. The van der Waals surface area contributed by atoms with Gasteiger partial charge in [0.2, 0.25) is 0 Å². The van der Waals surface area contributed by atoms with E-state index in [1.54, 1.807) is 0 Å². The van der Waals surface area contributed by atoms with Gasteiger partial charge in [0.25, 0.3) is 0 Å². The van der Waals surface area contributed by atoms with Crippen molar-refractivity contribution in [3.8, 4) is 0 Å². The molecule has 19 atom stereocenters. The number of carbonyl (C=O) groups excluding carboxylic acids is 1. The number of allylic oxidation sites excluding steroid dienone is 1. The van der Waals surface area contributed by atoms with Crippen molar-refractivity contribution >= 4 is 5.78 Å². The molecule has 54 heavy (non-hydrogen) atoms. The Balaban J connectivity index is 1.02. The van der Waals surface area contributed by atoms with Crippen molar-refractivity contribution in [2.75, 3.05) is 19.8 Å². The van der Waals surface area contributed by atoms with Gasteiger partial charge in [-0.2, -0.15) is 0 Å². The van der Waals surface area contributed by atoms with Gasteiger partial charge in [0, 0.05) is 29.8 Å². The maximum Gasteiger partial charge on any atom is 0.162 e. The Bertz CT molecular complexity index is 1580. The Morgan fingerprint density at radius 2 is 1.85 bits per heavy atom. The third kappa shape index (κ3) is 4.70. The molecule has 0 radical (unpaired) electrons. The summed E-state index contributed by atoms with van der Waals surface area (Å²) in [5.74, 6) is 2.68. The normalized spacial score (nSPS) is 55.4. The van der Waals surface area contributed by atoms with Crippen LogP contribution < -0.4 is 11.1 Å². The molecule has 7 aliphatic carbocycles. The molecule has 3 heterocycles. The number of hydrogen-bond donors (Lipinski definition) is 6. The van der Waals surface area contributed by atoms with Crippen LogP contribution in [-0.4, -0.2) is 87.2 Å². The highest BCUT2D eigenvalue weighted by Crippen LogP contribution is 2.80. The van der Waals surface area contributed by atoms with Gasteiger partial charge in [-0.05, 0) is 154 Å². The van der Waals surface area contributed by atoms with Gasteiger partial charge in [-0.1, -0.05) is 33.6 Å². The molecule has 8 N–H and O–H groups in total. The third-order valence-electron chi connectivity index (χ3n) is 19.7. The van der Waals surface area contributed by atoms with Gasteiger partial charge < -0.3 is 35.2 Å². The molecule has 10 rings (SSSR count). The zero-order valence-corrected chi connectivity index (χ0v) is 33.6. The van der Waals surface area contributed by atoms with E-state index in [0.717, 1.165) is 101 Å². The topological polar surface area (TPSA) is 162 Å². The number of rotatable bonds is 8. The van der Waals surface area contributed by atoms with E-state index in [4.69, 9.17) is 15.2 Å². The number of ketones is 1. The van der Waals surface area contributed by atoms with Crippen LogP contribution in [-0.2, 0) is 14.3 Å². The standard InChI is InChI=1S/C45H70N2O7/c1-24-11-15-53-44(21-24,39-38(54-39)42(4,51)40(2,23-48)13-9-25-10-14-47-34(46)16-25)33-18-28-7-8-30-36-35-27(22-41(33,3)45(28,36)52)17-26-6-5-12-43(35)31(26)19-29(49)20-32(43)37(30)50/h24-29,31-35,38-39,47-49,51-52H,5-23,46H2,1-4H3/p+1/t24-,25?,26-,27-,28-,29-,31-,32-,33+,34?,35-,38-,39+,40-,41+,42-,43-,44+,45+/m0/s1. The number of ether oxygens (including phenoxy) is 2. The van der Waals surface area contributed by atoms with Crippen LogP contribution in [0.4, 0.5) is 0 Å². The summed E-state index contributed by atoms with van der Waals surface area (Å²) in [4.78, 5) is 14.9. The van der Waals surface area contributed by atoms with Gasteiger partial charge in [-0.3, -0.25) is 10.5 Å². The summed E-state index contributed by atoms with van der Waals surface area (Å²) in [6.07, 6.45) is 13.7. The van der Waals surface area contributed by atoms with E-state index in [1.165, 1.54) is 6.42 Å². The Hall–Kier alpha value is -0.910. The van der Waals surface area contributed by atoms with Crippen LogP contribution in [0.15, 0.2) is 11.1 Å². The number of epoxide rings is 1. The van der Waals surface area contributed by atoms with Crippen LogP contribution in [0.5, 0.6) is 0 Å². The molecule has 0 aromatic carbocycles. The molecule has 10 aliphatic rings. The first kappa shape index (κ1) is 37.4. The minimum Gasteiger partial charge on any atom is -0.396 e. The highest BCUT2D eigenvalue weighted by Gasteiger charge is 2.80. The molecule has 2 unspecified atom stereocenters. The second-order valence-electron chi connectivity index (χ2n) is 22.1. The number of quaternary nitrogens is 1. The molecular formula is C45H71N2O7+. The number of aliphatic hydroxyl groups is 4. The zero-order chi connectivity index (χ0) is 37.8. The number of aliphatic hydroxyl groups excluding tert-OH is 2. The molecular weight excluding hydrogens is 681 g/mol. The van der Waals surface area contributed by atoms with E-state index in [1.807, 2.05) is 13.8 Å². The summed E-state index contributed by atoms with van der Waals surface area (Å²) in [6.45, 7) is 10.2. The largest absolute Gasteiger partial charge is 0.396 e. The maximum atomic E-state index is 14.9. The Morgan fingerprint density at radius 1 is 1.04 bits per heavy atom. The predicted octanol–water partition coefficient (Wildman–Crippen LogP) is 3.99. The van der Waals surface area contributed by atoms with Gasteiger partial charge in [0.15, 0.2) is 5.78 Å². The van der Waals surface area contributed by atoms with Crippen molar-refractivity contribution < 1.29 is 40.0 Å². The highest BCUT2D eigenvalue weighted by molar-refractivity contribution is 6.00. The first-order chi connectivity index (χ1) is 25.6. The maximum absolute atomic E-state index is 14.9. The van der Waals surface area contributed by atoms with Crippen LogP contribution in [0.1, 0.15) is 130 Å². The molecule has 2 bridgehead atoms. The minimum absolute atomic E-state index is 0.0118. The molecule has 5 saturated carbocycles. The molecule has 3 saturated heterocycles. The van der Waals surface area contributed by atoms with Gasteiger partial charge in [-0.15, -0.1) is 0 Å². The second-order valence-corrected chi connectivity index (χ2v) is 22.1. The third-order valence-corrected chi connectivity index (χ3v) is 19.7. The lowest BCUT2D eigenvalue weighted by Gasteiger charge is -2.72. The fraction of sp³-hybridized carbons (Fsp3) is 0.933.